The lowest BCUT2D eigenvalue weighted by Gasteiger charge is -2.31. The minimum atomic E-state index is -0.744. The molecule has 0 bridgehead atoms. The highest BCUT2D eigenvalue weighted by molar-refractivity contribution is 5.74. The molecule has 1 aromatic carbocycles. The van der Waals surface area contributed by atoms with Gasteiger partial charge < -0.3 is 14.6 Å². The Morgan fingerprint density at radius 1 is 1.26 bits per heavy atom. The van der Waals surface area contributed by atoms with Gasteiger partial charge in [-0.1, -0.05) is 0 Å². The summed E-state index contributed by atoms with van der Waals surface area (Å²) in [5.41, 5.74) is 0.609. The van der Waals surface area contributed by atoms with Crippen molar-refractivity contribution in [2.24, 2.45) is 5.92 Å². The van der Waals surface area contributed by atoms with Crippen LogP contribution in [0.3, 0.4) is 0 Å². The highest BCUT2D eigenvalue weighted by atomic mass is 16.5. The fraction of sp³-hybridized carbons (Fsp3) is 0.429. The first-order chi connectivity index (χ1) is 9.19. The molecule has 0 unspecified atom stereocenters. The molecule has 1 aliphatic carbocycles. The van der Waals surface area contributed by atoms with E-state index in [-0.39, 0.29) is 12.0 Å². The van der Waals surface area contributed by atoms with Gasteiger partial charge in [-0.05, 0) is 37.1 Å². The van der Waals surface area contributed by atoms with E-state index in [0.717, 1.165) is 6.29 Å². The molecule has 0 spiro atoms. The van der Waals surface area contributed by atoms with E-state index < -0.39 is 5.97 Å². The molecule has 102 valence electrons. The van der Waals surface area contributed by atoms with Crippen LogP contribution in [0.5, 0.6) is 5.75 Å². The smallest absolute Gasteiger partial charge is 0.306 e. The van der Waals surface area contributed by atoms with Gasteiger partial charge in [-0.25, -0.2) is 0 Å². The zero-order valence-electron chi connectivity index (χ0n) is 10.5. The maximum absolute atomic E-state index is 10.6. The van der Waals surface area contributed by atoms with Gasteiger partial charge in [-0.3, -0.25) is 9.59 Å². The molecule has 0 aromatic heterocycles. The van der Waals surface area contributed by atoms with Crippen molar-refractivity contribution in [1.29, 1.82) is 0 Å². The van der Waals surface area contributed by atoms with E-state index in [1.807, 2.05) is 0 Å². The van der Waals surface area contributed by atoms with Crippen LogP contribution in [0.1, 0.15) is 23.2 Å². The first-order valence-corrected chi connectivity index (χ1v) is 6.21. The SMILES string of the molecule is O=Cc1ccc(OCCOC2CC(C(=O)O)C2)cc1. The Balaban J connectivity index is 1.59. The molecule has 5 heteroatoms. The van der Waals surface area contributed by atoms with E-state index in [1.165, 1.54) is 0 Å². The van der Waals surface area contributed by atoms with Crippen LogP contribution in [0.2, 0.25) is 0 Å². The number of benzene rings is 1. The van der Waals surface area contributed by atoms with Crippen molar-refractivity contribution in [3.8, 4) is 5.75 Å². The van der Waals surface area contributed by atoms with Crippen LogP contribution in [0.4, 0.5) is 0 Å². The summed E-state index contributed by atoms with van der Waals surface area (Å²) in [5, 5.41) is 8.71. The number of carboxylic acids is 1. The molecule has 1 aromatic rings. The number of aliphatic carboxylic acids is 1. The molecule has 1 saturated carbocycles. The van der Waals surface area contributed by atoms with Gasteiger partial charge >= 0.3 is 5.97 Å². The van der Waals surface area contributed by atoms with Gasteiger partial charge in [0.15, 0.2) is 0 Å². The van der Waals surface area contributed by atoms with Gasteiger partial charge in [-0.15, -0.1) is 0 Å². The highest BCUT2D eigenvalue weighted by Crippen LogP contribution is 2.29. The summed E-state index contributed by atoms with van der Waals surface area (Å²) in [7, 11) is 0. The molecule has 0 saturated heterocycles. The minimum absolute atomic E-state index is 0.0436. The first-order valence-electron chi connectivity index (χ1n) is 6.21. The summed E-state index contributed by atoms with van der Waals surface area (Å²) in [6.45, 7) is 0.848. The van der Waals surface area contributed by atoms with Crippen molar-refractivity contribution >= 4 is 12.3 Å². The van der Waals surface area contributed by atoms with E-state index in [4.69, 9.17) is 14.6 Å². The Morgan fingerprint density at radius 3 is 2.53 bits per heavy atom. The third-order valence-electron chi connectivity index (χ3n) is 3.17. The van der Waals surface area contributed by atoms with Crippen LogP contribution in [-0.4, -0.2) is 36.7 Å². The molecule has 0 radical (unpaired) electrons. The Morgan fingerprint density at radius 2 is 1.95 bits per heavy atom. The van der Waals surface area contributed by atoms with Crippen LogP contribution in [0, 0.1) is 5.92 Å². The van der Waals surface area contributed by atoms with E-state index in [2.05, 4.69) is 0 Å². The number of carboxylic acid groups (broad SMARTS) is 1. The predicted octanol–water partition coefficient (Wildman–Crippen LogP) is 1.76. The lowest BCUT2D eigenvalue weighted by Crippen LogP contribution is -2.36. The third kappa shape index (κ3) is 3.79. The predicted molar refractivity (Wildman–Crippen MR) is 67.4 cm³/mol. The molecule has 0 heterocycles. The summed E-state index contributed by atoms with van der Waals surface area (Å²) in [6, 6.07) is 6.83. The molecule has 0 aliphatic heterocycles. The van der Waals surface area contributed by atoms with Crippen molar-refractivity contribution in [1.82, 2.24) is 0 Å². The Bertz CT molecular complexity index is 434. The van der Waals surface area contributed by atoms with Crippen molar-refractivity contribution in [3.05, 3.63) is 29.8 Å². The van der Waals surface area contributed by atoms with Crippen LogP contribution in [0.15, 0.2) is 24.3 Å². The second-order valence-electron chi connectivity index (χ2n) is 4.53. The Hall–Kier alpha value is -1.88. The average Bonchev–Trinajstić information content (AvgIpc) is 2.36. The summed E-state index contributed by atoms with van der Waals surface area (Å²) >= 11 is 0. The monoisotopic (exact) mass is 264 g/mol. The maximum atomic E-state index is 10.6. The van der Waals surface area contributed by atoms with Crippen LogP contribution >= 0.6 is 0 Å². The molecule has 1 N–H and O–H groups in total. The molecule has 1 aliphatic rings. The van der Waals surface area contributed by atoms with Gasteiger partial charge in [0.2, 0.25) is 0 Å². The van der Waals surface area contributed by atoms with Crippen LogP contribution in [0.25, 0.3) is 0 Å². The van der Waals surface area contributed by atoms with Crippen molar-refractivity contribution in [3.63, 3.8) is 0 Å². The molecule has 5 nitrogen and oxygen atoms in total. The highest BCUT2D eigenvalue weighted by Gasteiger charge is 2.34. The largest absolute Gasteiger partial charge is 0.491 e. The van der Waals surface area contributed by atoms with E-state index in [0.29, 0.717) is 37.4 Å². The fourth-order valence-electron chi connectivity index (χ4n) is 1.92. The zero-order valence-corrected chi connectivity index (χ0v) is 10.5. The molecule has 19 heavy (non-hydrogen) atoms. The number of carbonyl (C=O) groups excluding carboxylic acids is 1. The van der Waals surface area contributed by atoms with Gasteiger partial charge in [0.05, 0.1) is 18.6 Å². The quantitative estimate of drug-likeness (QED) is 0.600. The van der Waals surface area contributed by atoms with Gasteiger partial charge in [0.1, 0.15) is 18.6 Å². The summed E-state index contributed by atoms with van der Waals surface area (Å²) in [4.78, 5) is 21.1. The van der Waals surface area contributed by atoms with Crippen molar-refractivity contribution in [2.45, 2.75) is 18.9 Å². The molecular weight excluding hydrogens is 248 g/mol. The number of ether oxygens (including phenoxy) is 2. The van der Waals surface area contributed by atoms with Gasteiger partial charge in [0, 0.05) is 5.56 Å². The standard InChI is InChI=1S/C14H16O5/c15-9-10-1-3-12(4-2-10)18-5-6-19-13-7-11(8-13)14(16)17/h1-4,9,11,13H,5-8H2,(H,16,17). The second kappa shape index (κ2) is 6.33. The van der Waals surface area contributed by atoms with Crippen LogP contribution < -0.4 is 4.74 Å². The molecule has 2 rings (SSSR count). The normalized spacial score (nSPS) is 21.5. The number of rotatable bonds is 7. The summed E-state index contributed by atoms with van der Waals surface area (Å²) < 4.78 is 10.9. The van der Waals surface area contributed by atoms with E-state index in [1.54, 1.807) is 24.3 Å². The third-order valence-corrected chi connectivity index (χ3v) is 3.17. The van der Waals surface area contributed by atoms with Crippen LogP contribution in [-0.2, 0) is 9.53 Å². The number of hydrogen-bond donors (Lipinski definition) is 1. The lowest BCUT2D eigenvalue weighted by atomic mass is 9.82. The summed E-state index contributed by atoms with van der Waals surface area (Å²) in [6.07, 6.45) is 2.00. The van der Waals surface area contributed by atoms with Crippen molar-refractivity contribution in [2.75, 3.05) is 13.2 Å². The van der Waals surface area contributed by atoms with E-state index >= 15 is 0 Å². The molecular formula is C14H16O5. The Labute approximate surface area is 111 Å². The first kappa shape index (κ1) is 13.5. The average molecular weight is 264 g/mol. The molecule has 0 amide bonds. The number of aldehydes is 1. The maximum Gasteiger partial charge on any atom is 0.306 e. The Kier molecular flexibility index (Phi) is 4.52. The van der Waals surface area contributed by atoms with Gasteiger partial charge in [-0.2, -0.15) is 0 Å². The second-order valence-corrected chi connectivity index (χ2v) is 4.53. The van der Waals surface area contributed by atoms with Gasteiger partial charge in [0.25, 0.3) is 0 Å². The fourth-order valence-corrected chi connectivity index (χ4v) is 1.92. The minimum Gasteiger partial charge on any atom is -0.491 e. The van der Waals surface area contributed by atoms with Crippen molar-refractivity contribution < 1.29 is 24.2 Å². The molecule has 1 fully saturated rings. The zero-order chi connectivity index (χ0) is 13.7. The number of carbonyl (C=O) groups is 2. The number of hydrogen-bond acceptors (Lipinski definition) is 4. The summed E-state index contributed by atoms with van der Waals surface area (Å²) in [5.74, 6) is -0.306. The molecule has 0 atom stereocenters. The lowest BCUT2D eigenvalue weighted by molar-refractivity contribution is -0.151. The topological polar surface area (TPSA) is 72.8 Å². The van der Waals surface area contributed by atoms with E-state index in [9.17, 15) is 9.59 Å².